The number of benzene rings is 3. The molecule has 1 aliphatic carbocycles. The highest BCUT2D eigenvalue weighted by Gasteiger charge is 2.51. The molecule has 1 saturated carbocycles. The third-order valence-corrected chi connectivity index (χ3v) is 8.18. The van der Waals surface area contributed by atoms with Gasteiger partial charge in [0, 0.05) is 30.1 Å². The Labute approximate surface area is 230 Å². The van der Waals surface area contributed by atoms with Crippen LogP contribution in [0, 0.1) is 29.5 Å². The van der Waals surface area contributed by atoms with Crippen molar-refractivity contribution in [1.82, 2.24) is 5.32 Å². The monoisotopic (exact) mass is 525 g/mol. The lowest BCUT2D eigenvalue weighted by molar-refractivity contribution is 0.100. The summed E-state index contributed by atoms with van der Waals surface area (Å²) in [5.41, 5.74) is 13.0. The summed E-state index contributed by atoms with van der Waals surface area (Å²) >= 11 is 0. The molecule has 0 aromatic heterocycles. The minimum absolute atomic E-state index is 0.210. The van der Waals surface area contributed by atoms with Crippen molar-refractivity contribution in [2.45, 2.75) is 33.1 Å². The summed E-state index contributed by atoms with van der Waals surface area (Å²) in [6.07, 6.45) is 4.50. The average molecular weight is 526 g/mol. The first-order valence-corrected chi connectivity index (χ1v) is 13.7. The topological polar surface area (TPSA) is 76.7 Å². The van der Waals surface area contributed by atoms with Gasteiger partial charge in [-0.3, -0.25) is 9.79 Å². The van der Waals surface area contributed by atoms with E-state index in [1.54, 1.807) is 25.5 Å². The second-order valence-corrected chi connectivity index (χ2v) is 10.7. The van der Waals surface area contributed by atoms with Crippen LogP contribution >= 0.6 is 0 Å². The number of ether oxygens (including phenoxy) is 1. The third kappa shape index (κ3) is 5.75. The molecule has 39 heavy (non-hydrogen) atoms. The Morgan fingerprint density at radius 3 is 2.51 bits per heavy atom. The van der Waals surface area contributed by atoms with Crippen molar-refractivity contribution in [2.24, 2.45) is 34.4 Å². The number of carbonyl (C=O) groups is 1. The average Bonchev–Trinajstić information content (AvgIpc) is 3.65. The number of nitrogens with zero attached hydrogens (tertiary/aromatic N) is 1. The zero-order valence-electron chi connectivity index (χ0n) is 22.8. The predicted octanol–water partition coefficient (Wildman–Crippen LogP) is 6.18. The summed E-state index contributed by atoms with van der Waals surface area (Å²) in [6, 6.07) is 20.6. The van der Waals surface area contributed by atoms with E-state index in [-0.39, 0.29) is 11.7 Å². The number of allylic oxidation sites excluding steroid dienone is 1. The van der Waals surface area contributed by atoms with Crippen LogP contribution in [0.25, 0.3) is 11.1 Å². The minimum atomic E-state index is -0.424. The van der Waals surface area contributed by atoms with Gasteiger partial charge in [0.15, 0.2) is 0 Å². The molecule has 3 aromatic rings. The van der Waals surface area contributed by atoms with Crippen LogP contribution in [0.4, 0.5) is 4.39 Å². The molecule has 2 aliphatic rings. The van der Waals surface area contributed by atoms with Crippen molar-refractivity contribution in [3.8, 4) is 16.9 Å². The fourth-order valence-corrected chi connectivity index (χ4v) is 6.08. The van der Waals surface area contributed by atoms with Gasteiger partial charge in [-0.25, -0.2) is 4.39 Å². The largest absolute Gasteiger partial charge is 0.493 e. The molecule has 1 amide bonds. The fraction of sp³-hybridized carbons (Fsp3) is 0.333. The van der Waals surface area contributed by atoms with Gasteiger partial charge in [0.2, 0.25) is 5.91 Å². The van der Waals surface area contributed by atoms with Crippen molar-refractivity contribution in [2.75, 3.05) is 13.7 Å². The molecule has 0 radical (unpaired) electrons. The van der Waals surface area contributed by atoms with E-state index in [0.717, 1.165) is 41.7 Å². The molecule has 1 fully saturated rings. The van der Waals surface area contributed by atoms with Gasteiger partial charge < -0.3 is 15.8 Å². The van der Waals surface area contributed by atoms with Gasteiger partial charge in [0.05, 0.1) is 12.9 Å². The van der Waals surface area contributed by atoms with Crippen molar-refractivity contribution >= 4 is 12.2 Å². The van der Waals surface area contributed by atoms with Crippen molar-refractivity contribution in [1.29, 1.82) is 0 Å². The Morgan fingerprint density at radius 2 is 1.85 bits per heavy atom. The molecule has 1 heterocycles. The van der Waals surface area contributed by atoms with Crippen molar-refractivity contribution in [3.63, 3.8) is 0 Å². The van der Waals surface area contributed by atoms with Crippen molar-refractivity contribution in [3.05, 3.63) is 101 Å². The summed E-state index contributed by atoms with van der Waals surface area (Å²) < 4.78 is 19.9. The Kier molecular flexibility index (Phi) is 7.82. The lowest BCUT2D eigenvalue weighted by Crippen LogP contribution is -2.21. The summed E-state index contributed by atoms with van der Waals surface area (Å²) in [5, 5.41) is 3.52. The maximum Gasteiger partial charge on any atom is 0.248 e. The molecule has 1 aliphatic heterocycles. The first-order chi connectivity index (χ1) is 18.9. The highest BCUT2D eigenvalue weighted by molar-refractivity contribution is 5.93. The molecule has 3 N–H and O–H groups in total. The van der Waals surface area contributed by atoms with Gasteiger partial charge in [0.25, 0.3) is 0 Å². The zero-order valence-corrected chi connectivity index (χ0v) is 22.8. The Balaban J connectivity index is 1.41. The molecule has 4 unspecified atom stereocenters. The van der Waals surface area contributed by atoms with E-state index in [9.17, 15) is 9.18 Å². The molecule has 0 saturated heterocycles. The van der Waals surface area contributed by atoms with Gasteiger partial charge in [-0.15, -0.1) is 0 Å². The highest BCUT2D eigenvalue weighted by atomic mass is 19.1. The minimum Gasteiger partial charge on any atom is -0.493 e. The molecular formula is C33H36FN3O2. The van der Waals surface area contributed by atoms with Crippen LogP contribution in [0.15, 0.2) is 83.0 Å². The molecule has 202 valence electrons. The Hall–Kier alpha value is -3.93. The summed E-state index contributed by atoms with van der Waals surface area (Å²) in [5.74, 6) is 1.83. The maximum atomic E-state index is 13.5. The van der Waals surface area contributed by atoms with E-state index in [2.05, 4.69) is 42.4 Å². The molecular weight excluding hydrogens is 489 g/mol. The number of nitrogens with one attached hydrogen (secondary N) is 1. The quantitative estimate of drug-likeness (QED) is 0.272. The summed E-state index contributed by atoms with van der Waals surface area (Å²) in [4.78, 5) is 15.7. The number of aliphatic imine (C=N–C) groups is 1. The SMILES string of the molecule is CCC(Cc1ccc(F)cc1)C(NC=NC)=C1C2COc3ccc(-c4ccc(C(N)=O)cc4)cc3CC(C)C12. The number of amides is 1. The van der Waals surface area contributed by atoms with E-state index >= 15 is 0 Å². The summed E-state index contributed by atoms with van der Waals surface area (Å²) in [6.45, 7) is 5.18. The molecule has 0 bridgehead atoms. The second-order valence-electron chi connectivity index (χ2n) is 10.7. The number of nitrogens with two attached hydrogens (primary N) is 1. The maximum absolute atomic E-state index is 13.5. The molecule has 5 nitrogen and oxygen atoms in total. The molecule has 4 atom stereocenters. The smallest absolute Gasteiger partial charge is 0.248 e. The van der Waals surface area contributed by atoms with E-state index in [4.69, 9.17) is 10.5 Å². The molecule has 0 spiro atoms. The van der Waals surface area contributed by atoms with Gasteiger partial charge in [-0.2, -0.15) is 0 Å². The van der Waals surface area contributed by atoms with Crippen LogP contribution < -0.4 is 15.8 Å². The van der Waals surface area contributed by atoms with Gasteiger partial charge in [-0.05, 0) is 95.3 Å². The number of primary amides is 1. The number of rotatable bonds is 8. The first-order valence-electron chi connectivity index (χ1n) is 13.7. The Bertz CT molecular complexity index is 1400. The first kappa shape index (κ1) is 26.7. The van der Waals surface area contributed by atoms with Crippen LogP contribution in [0.1, 0.15) is 41.8 Å². The van der Waals surface area contributed by atoms with Crippen LogP contribution in [-0.2, 0) is 12.8 Å². The van der Waals surface area contributed by atoms with Gasteiger partial charge in [0.1, 0.15) is 11.6 Å². The fourth-order valence-electron chi connectivity index (χ4n) is 6.08. The lowest BCUT2D eigenvalue weighted by Gasteiger charge is -2.20. The van der Waals surface area contributed by atoms with Crippen LogP contribution in [0.5, 0.6) is 5.75 Å². The Morgan fingerprint density at radius 1 is 1.13 bits per heavy atom. The number of hydrogen-bond acceptors (Lipinski definition) is 3. The van der Waals surface area contributed by atoms with Gasteiger partial charge in [-0.1, -0.05) is 44.2 Å². The standard InChI is InChI=1S/C33H36FN3O2/c1-4-22(16-21-5-12-27(34)13-6-21)32(37-19-36-3)31-28-18-39-29-14-11-25(17-26(29)15-20(2)30(28)31)23-7-9-24(10-8-23)33(35)38/h5-14,17,19-20,22,28,30H,4,15-16,18H2,1-3H3,(H2,35,38)(H,36,37). The van der Waals surface area contributed by atoms with Gasteiger partial charge >= 0.3 is 0 Å². The van der Waals surface area contributed by atoms with E-state index in [0.29, 0.717) is 29.9 Å². The number of halogens is 1. The number of hydrogen-bond donors (Lipinski definition) is 2. The molecule has 6 heteroatoms. The normalized spacial score (nSPS) is 22.1. The highest BCUT2D eigenvalue weighted by Crippen LogP contribution is 2.55. The van der Waals surface area contributed by atoms with E-state index in [1.807, 2.05) is 24.3 Å². The van der Waals surface area contributed by atoms with Crippen LogP contribution in [-0.4, -0.2) is 25.9 Å². The second kappa shape index (κ2) is 11.4. The molecule has 5 rings (SSSR count). The number of fused-ring (bicyclic) bond motifs is 2. The predicted molar refractivity (Wildman–Crippen MR) is 154 cm³/mol. The molecule has 3 aromatic carbocycles. The van der Waals surface area contributed by atoms with E-state index < -0.39 is 5.91 Å². The van der Waals surface area contributed by atoms with E-state index in [1.165, 1.54) is 29.0 Å². The van der Waals surface area contributed by atoms with Crippen LogP contribution in [0.3, 0.4) is 0 Å². The zero-order chi connectivity index (χ0) is 27.5. The number of carbonyl (C=O) groups excluding carboxylic acids is 1. The summed E-state index contributed by atoms with van der Waals surface area (Å²) in [7, 11) is 1.77. The van der Waals surface area contributed by atoms with Crippen LogP contribution in [0.2, 0.25) is 0 Å². The third-order valence-electron chi connectivity index (χ3n) is 8.18. The van der Waals surface area contributed by atoms with Crippen molar-refractivity contribution < 1.29 is 13.9 Å². The lowest BCUT2D eigenvalue weighted by atomic mass is 9.90.